The monoisotopic (exact) mass is 258 g/mol. The molecule has 0 radical (unpaired) electrons. The standard InChI is InChI=1S/C15H18N2O2/c1-15(2,3)17(10-14(18)19)13-8-9-16-12-7-5-4-6-11(12)13/h4-9H,10H2,1-3H3,(H,18,19). The molecule has 2 rings (SSSR count). The van der Waals surface area contributed by atoms with Gasteiger partial charge in [-0.2, -0.15) is 0 Å². The third-order valence-corrected chi connectivity index (χ3v) is 3.02. The van der Waals surface area contributed by atoms with Crippen molar-refractivity contribution >= 4 is 22.6 Å². The Kier molecular flexibility index (Phi) is 3.42. The number of carbonyl (C=O) groups is 1. The Balaban J connectivity index is 2.59. The normalized spacial score (nSPS) is 11.5. The van der Waals surface area contributed by atoms with Gasteiger partial charge in [-0.05, 0) is 32.9 Å². The van der Waals surface area contributed by atoms with Crippen molar-refractivity contribution in [2.24, 2.45) is 0 Å². The summed E-state index contributed by atoms with van der Waals surface area (Å²) in [5, 5.41) is 10.1. The zero-order valence-corrected chi connectivity index (χ0v) is 11.4. The third kappa shape index (κ3) is 2.84. The zero-order valence-electron chi connectivity index (χ0n) is 11.4. The number of carboxylic acids is 1. The van der Waals surface area contributed by atoms with Gasteiger partial charge in [0.05, 0.1) is 5.52 Å². The highest BCUT2D eigenvalue weighted by atomic mass is 16.4. The van der Waals surface area contributed by atoms with Gasteiger partial charge in [-0.25, -0.2) is 0 Å². The number of aromatic nitrogens is 1. The first kappa shape index (κ1) is 13.3. The number of fused-ring (bicyclic) bond motifs is 1. The summed E-state index contributed by atoms with van der Waals surface area (Å²) in [6.07, 6.45) is 1.72. The van der Waals surface area contributed by atoms with Crippen LogP contribution >= 0.6 is 0 Å². The number of rotatable bonds is 3. The van der Waals surface area contributed by atoms with Gasteiger partial charge in [0, 0.05) is 22.8 Å². The number of aliphatic carboxylic acids is 1. The number of hydrogen-bond acceptors (Lipinski definition) is 3. The Morgan fingerprint density at radius 1 is 1.26 bits per heavy atom. The molecule has 0 saturated heterocycles. The molecule has 19 heavy (non-hydrogen) atoms. The lowest BCUT2D eigenvalue weighted by molar-refractivity contribution is -0.135. The fraction of sp³-hybridized carbons (Fsp3) is 0.333. The maximum absolute atomic E-state index is 11.1. The average molecular weight is 258 g/mol. The fourth-order valence-corrected chi connectivity index (χ4v) is 2.14. The SMILES string of the molecule is CC(C)(C)N(CC(=O)O)c1ccnc2ccccc12. The lowest BCUT2D eigenvalue weighted by Crippen LogP contribution is -2.44. The van der Waals surface area contributed by atoms with E-state index >= 15 is 0 Å². The summed E-state index contributed by atoms with van der Waals surface area (Å²) in [7, 11) is 0. The molecule has 1 N–H and O–H groups in total. The largest absolute Gasteiger partial charge is 0.480 e. The molecular weight excluding hydrogens is 240 g/mol. The lowest BCUT2D eigenvalue weighted by atomic mass is 10.0. The van der Waals surface area contributed by atoms with E-state index in [-0.39, 0.29) is 12.1 Å². The van der Waals surface area contributed by atoms with Crippen LogP contribution in [0.1, 0.15) is 20.8 Å². The van der Waals surface area contributed by atoms with E-state index < -0.39 is 5.97 Å². The number of pyridine rings is 1. The van der Waals surface area contributed by atoms with Gasteiger partial charge in [-0.3, -0.25) is 9.78 Å². The number of carboxylic acid groups (broad SMARTS) is 1. The van der Waals surface area contributed by atoms with Gasteiger partial charge >= 0.3 is 5.97 Å². The smallest absolute Gasteiger partial charge is 0.323 e. The molecular formula is C15H18N2O2. The van der Waals surface area contributed by atoms with Crippen molar-refractivity contribution < 1.29 is 9.90 Å². The van der Waals surface area contributed by atoms with Crippen LogP contribution in [0.4, 0.5) is 5.69 Å². The number of para-hydroxylation sites is 1. The van der Waals surface area contributed by atoms with Crippen molar-refractivity contribution in [3.8, 4) is 0 Å². The van der Waals surface area contributed by atoms with Crippen molar-refractivity contribution in [1.82, 2.24) is 4.98 Å². The van der Waals surface area contributed by atoms with E-state index in [0.29, 0.717) is 0 Å². The first-order chi connectivity index (χ1) is 8.89. The first-order valence-corrected chi connectivity index (χ1v) is 6.23. The van der Waals surface area contributed by atoms with Crippen LogP contribution in [-0.2, 0) is 4.79 Å². The first-order valence-electron chi connectivity index (χ1n) is 6.23. The summed E-state index contributed by atoms with van der Waals surface area (Å²) in [5.41, 5.74) is 1.50. The van der Waals surface area contributed by atoms with Crippen molar-refractivity contribution in [3.05, 3.63) is 36.5 Å². The van der Waals surface area contributed by atoms with Gasteiger partial charge in [-0.1, -0.05) is 18.2 Å². The van der Waals surface area contributed by atoms with Gasteiger partial charge in [-0.15, -0.1) is 0 Å². The molecule has 0 aliphatic carbocycles. The Hall–Kier alpha value is -2.10. The minimum atomic E-state index is -0.837. The van der Waals surface area contributed by atoms with Crippen LogP contribution < -0.4 is 4.90 Å². The molecule has 1 aromatic carbocycles. The van der Waals surface area contributed by atoms with Crippen LogP contribution in [0.3, 0.4) is 0 Å². The maximum Gasteiger partial charge on any atom is 0.323 e. The molecule has 0 saturated carbocycles. The molecule has 0 fully saturated rings. The molecule has 0 atom stereocenters. The van der Waals surface area contributed by atoms with Gasteiger partial charge in [0.15, 0.2) is 0 Å². The van der Waals surface area contributed by atoms with Crippen LogP contribution in [0.25, 0.3) is 10.9 Å². The highest BCUT2D eigenvalue weighted by molar-refractivity contribution is 5.93. The summed E-state index contributed by atoms with van der Waals surface area (Å²) >= 11 is 0. The molecule has 0 amide bonds. The Morgan fingerprint density at radius 2 is 1.95 bits per heavy atom. The predicted molar refractivity (Wildman–Crippen MR) is 76.5 cm³/mol. The van der Waals surface area contributed by atoms with Crippen molar-refractivity contribution in [2.75, 3.05) is 11.4 Å². The summed E-state index contributed by atoms with van der Waals surface area (Å²) < 4.78 is 0. The molecule has 0 bridgehead atoms. The fourth-order valence-electron chi connectivity index (χ4n) is 2.14. The second kappa shape index (κ2) is 4.88. The number of benzene rings is 1. The van der Waals surface area contributed by atoms with E-state index in [2.05, 4.69) is 4.98 Å². The molecule has 0 aliphatic heterocycles. The quantitative estimate of drug-likeness (QED) is 0.919. The minimum absolute atomic E-state index is 0.0303. The molecule has 100 valence electrons. The van der Waals surface area contributed by atoms with Crippen LogP contribution in [0.2, 0.25) is 0 Å². The summed E-state index contributed by atoms with van der Waals surface area (Å²) in [6.45, 7) is 5.99. The van der Waals surface area contributed by atoms with Gasteiger partial charge in [0.2, 0.25) is 0 Å². The summed E-state index contributed by atoms with van der Waals surface area (Å²) in [6, 6.07) is 9.64. The summed E-state index contributed by atoms with van der Waals surface area (Å²) in [4.78, 5) is 17.3. The number of hydrogen-bond donors (Lipinski definition) is 1. The van der Waals surface area contributed by atoms with E-state index in [9.17, 15) is 4.79 Å². The van der Waals surface area contributed by atoms with Gasteiger partial charge in [0.25, 0.3) is 0 Å². The molecule has 0 aliphatic rings. The second-order valence-electron chi connectivity index (χ2n) is 5.50. The molecule has 4 nitrogen and oxygen atoms in total. The maximum atomic E-state index is 11.1. The average Bonchev–Trinajstić information content (AvgIpc) is 2.34. The number of nitrogens with zero attached hydrogens (tertiary/aromatic N) is 2. The topological polar surface area (TPSA) is 53.4 Å². The van der Waals surface area contributed by atoms with Crippen molar-refractivity contribution in [3.63, 3.8) is 0 Å². The van der Waals surface area contributed by atoms with E-state index in [4.69, 9.17) is 5.11 Å². The van der Waals surface area contributed by atoms with Crippen molar-refractivity contribution in [1.29, 1.82) is 0 Å². The third-order valence-electron chi connectivity index (χ3n) is 3.02. The van der Waals surface area contributed by atoms with E-state index in [0.717, 1.165) is 16.6 Å². The Morgan fingerprint density at radius 3 is 2.58 bits per heavy atom. The molecule has 1 heterocycles. The van der Waals surface area contributed by atoms with Crippen LogP contribution in [-0.4, -0.2) is 28.1 Å². The highest BCUT2D eigenvalue weighted by Crippen LogP contribution is 2.30. The molecule has 0 unspecified atom stereocenters. The second-order valence-corrected chi connectivity index (χ2v) is 5.50. The molecule has 4 heteroatoms. The zero-order chi connectivity index (χ0) is 14.0. The van der Waals surface area contributed by atoms with E-state index in [1.165, 1.54) is 0 Å². The van der Waals surface area contributed by atoms with Crippen LogP contribution in [0, 0.1) is 0 Å². The molecule has 2 aromatic rings. The minimum Gasteiger partial charge on any atom is -0.480 e. The Labute approximate surface area is 112 Å². The Bertz CT molecular complexity index is 597. The van der Waals surface area contributed by atoms with E-state index in [1.807, 2.05) is 56.0 Å². The predicted octanol–water partition coefficient (Wildman–Crippen LogP) is 2.92. The van der Waals surface area contributed by atoms with Crippen molar-refractivity contribution in [2.45, 2.75) is 26.3 Å². The molecule has 0 spiro atoms. The molecule has 1 aromatic heterocycles. The van der Waals surface area contributed by atoms with Crippen LogP contribution in [0.15, 0.2) is 36.5 Å². The van der Waals surface area contributed by atoms with E-state index in [1.54, 1.807) is 6.20 Å². The van der Waals surface area contributed by atoms with Gasteiger partial charge < -0.3 is 10.0 Å². The lowest BCUT2D eigenvalue weighted by Gasteiger charge is -2.37. The number of anilines is 1. The summed E-state index contributed by atoms with van der Waals surface area (Å²) in [5.74, 6) is -0.837. The van der Waals surface area contributed by atoms with Crippen LogP contribution in [0.5, 0.6) is 0 Å². The highest BCUT2D eigenvalue weighted by Gasteiger charge is 2.25. The van der Waals surface area contributed by atoms with Gasteiger partial charge in [0.1, 0.15) is 6.54 Å².